The van der Waals surface area contributed by atoms with Gasteiger partial charge in [0.15, 0.2) is 0 Å². The maximum Gasteiger partial charge on any atom is 0.264 e. The predicted octanol–water partition coefficient (Wildman–Crippen LogP) is 4.72. The van der Waals surface area contributed by atoms with Crippen LogP contribution in [0.5, 0.6) is 0 Å². The first-order chi connectivity index (χ1) is 14.3. The summed E-state index contributed by atoms with van der Waals surface area (Å²) < 4.78 is 27.8. The Kier molecular flexibility index (Phi) is 6.80. The summed E-state index contributed by atoms with van der Waals surface area (Å²) in [6, 6.07) is 22.1. The van der Waals surface area contributed by atoms with Gasteiger partial charge in [-0.25, -0.2) is 8.42 Å². The Bertz CT molecular complexity index is 1100. The fraction of sp³-hybridized carbons (Fsp3) is 0.174. The minimum absolute atomic E-state index is 0.118. The zero-order chi connectivity index (χ0) is 21.7. The highest BCUT2D eigenvalue weighted by Gasteiger charge is 2.27. The number of nitrogens with zero attached hydrogens (tertiary/aromatic N) is 1. The molecule has 0 spiro atoms. The molecule has 1 N–H and O–H groups in total. The van der Waals surface area contributed by atoms with Crippen molar-refractivity contribution in [2.75, 3.05) is 10.8 Å². The van der Waals surface area contributed by atoms with Crippen LogP contribution in [-0.4, -0.2) is 20.9 Å². The summed E-state index contributed by atoms with van der Waals surface area (Å²) in [6.07, 6.45) is 0. The van der Waals surface area contributed by atoms with Gasteiger partial charge in [-0.15, -0.1) is 0 Å². The van der Waals surface area contributed by atoms with Crippen LogP contribution in [0.15, 0.2) is 83.8 Å². The number of amides is 1. The summed E-state index contributed by atoms with van der Waals surface area (Å²) in [5, 5.41) is 3.35. The Hall–Kier alpha value is -2.83. The molecule has 0 bridgehead atoms. The molecule has 0 radical (unpaired) electrons. The molecule has 0 aromatic heterocycles. The number of rotatable bonds is 7. The van der Waals surface area contributed by atoms with Crippen molar-refractivity contribution in [2.45, 2.75) is 24.8 Å². The van der Waals surface area contributed by atoms with Crippen LogP contribution >= 0.6 is 11.6 Å². The third-order valence-electron chi connectivity index (χ3n) is 4.69. The van der Waals surface area contributed by atoms with E-state index in [2.05, 4.69) is 5.32 Å². The predicted molar refractivity (Wildman–Crippen MR) is 120 cm³/mol. The summed E-state index contributed by atoms with van der Waals surface area (Å²) in [4.78, 5) is 12.9. The summed E-state index contributed by atoms with van der Waals surface area (Å²) >= 11 is 5.96. The molecule has 7 heteroatoms. The Labute approximate surface area is 182 Å². The van der Waals surface area contributed by atoms with Gasteiger partial charge in [0.05, 0.1) is 16.6 Å². The van der Waals surface area contributed by atoms with Crippen LogP contribution in [-0.2, 0) is 14.8 Å². The topological polar surface area (TPSA) is 66.5 Å². The van der Waals surface area contributed by atoms with Gasteiger partial charge in [0.2, 0.25) is 5.91 Å². The van der Waals surface area contributed by atoms with E-state index < -0.39 is 15.9 Å². The first kappa shape index (κ1) is 21.9. The van der Waals surface area contributed by atoms with Crippen molar-refractivity contribution < 1.29 is 13.2 Å². The zero-order valence-electron chi connectivity index (χ0n) is 16.7. The molecule has 3 aromatic rings. The third kappa shape index (κ3) is 5.20. The van der Waals surface area contributed by atoms with Crippen molar-refractivity contribution in [3.63, 3.8) is 0 Å². The maximum absolute atomic E-state index is 13.3. The quantitative estimate of drug-likeness (QED) is 0.575. The highest BCUT2D eigenvalue weighted by molar-refractivity contribution is 7.92. The minimum atomic E-state index is -3.95. The number of anilines is 1. The van der Waals surface area contributed by atoms with Crippen molar-refractivity contribution in [3.05, 3.63) is 95.0 Å². The van der Waals surface area contributed by atoms with Crippen LogP contribution in [0.4, 0.5) is 5.69 Å². The lowest BCUT2D eigenvalue weighted by Crippen LogP contribution is -2.41. The lowest BCUT2D eigenvalue weighted by Gasteiger charge is -2.25. The van der Waals surface area contributed by atoms with Gasteiger partial charge < -0.3 is 5.32 Å². The van der Waals surface area contributed by atoms with Crippen LogP contribution < -0.4 is 9.62 Å². The average Bonchev–Trinajstić information content (AvgIpc) is 2.73. The van der Waals surface area contributed by atoms with Crippen molar-refractivity contribution in [1.82, 2.24) is 5.32 Å². The van der Waals surface area contributed by atoms with Crippen molar-refractivity contribution in [1.29, 1.82) is 0 Å². The maximum atomic E-state index is 13.3. The Morgan fingerprint density at radius 1 is 0.967 bits per heavy atom. The number of hydrogen-bond donors (Lipinski definition) is 1. The summed E-state index contributed by atoms with van der Waals surface area (Å²) in [6.45, 7) is 3.38. The van der Waals surface area contributed by atoms with Gasteiger partial charge in [0, 0.05) is 5.02 Å². The SMILES string of the molecule is Cc1ccc(S(=O)(=O)N(CC(=O)NC(C)c2ccccc2)c2ccc(Cl)cc2)cc1. The molecule has 0 heterocycles. The molecule has 3 rings (SSSR count). The monoisotopic (exact) mass is 442 g/mol. The zero-order valence-corrected chi connectivity index (χ0v) is 18.3. The lowest BCUT2D eigenvalue weighted by atomic mass is 10.1. The molecule has 0 aliphatic carbocycles. The van der Waals surface area contributed by atoms with Crippen molar-refractivity contribution >= 4 is 33.2 Å². The van der Waals surface area contributed by atoms with E-state index in [4.69, 9.17) is 11.6 Å². The number of hydrogen-bond acceptors (Lipinski definition) is 3. The molecule has 3 aromatic carbocycles. The van der Waals surface area contributed by atoms with Crippen molar-refractivity contribution in [3.8, 4) is 0 Å². The average molecular weight is 443 g/mol. The fourth-order valence-corrected chi connectivity index (χ4v) is 4.55. The standard InChI is InChI=1S/C23H23ClN2O3S/c1-17-8-14-22(15-9-17)30(28,29)26(21-12-10-20(24)11-13-21)16-23(27)25-18(2)19-6-4-3-5-7-19/h3-15,18H,16H2,1-2H3,(H,25,27). The Balaban J connectivity index is 1.89. The summed E-state index contributed by atoms with van der Waals surface area (Å²) in [5.41, 5.74) is 2.24. The van der Waals surface area contributed by atoms with Crippen LogP contribution in [0.1, 0.15) is 24.1 Å². The Morgan fingerprint density at radius 3 is 2.17 bits per heavy atom. The van der Waals surface area contributed by atoms with E-state index in [0.29, 0.717) is 10.7 Å². The molecular formula is C23H23ClN2O3S. The van der Waals surface area contributed by atoms with Gasteiger partial charge in [0.1, 0.15) is 6.54 Å². The fourth-order valence-electron chi connectivity index (χ4n) is 3.00. The lowest BCUT2D eigenvalue weighted by molar-refractivity contribution is -0.120. The normalized spacial score (nSPS) is 12.2. The summed E-state index contributed by atoms with van der Waals surface area (Å²) in [5.74, 6) is -0.406. The number of carbonyl (C=O) groups excluding carboxylic acids is 1. The van der Waals surface area contributed by atoms with Gasteiger partial charge in [0.25, 0.3) is 10.0 Å². The second-order valence-corrected chi connectivity index (χ2v) is 9.30. The van der Waals surface area contributed by atoms with E-state index in [1.807, 2.05) is 44.2 Å². The van der Waals surface area contributed by atoms with Gasteiger partial charge in [-0.05, 0) is 55.8 Å². The molecular weight excluding hydrogens is 420 g/mol. The number of halogens is 1. The van der Waals surface area contributed by atoms with E-state index in [9.17, 15) is 13.2 Å². The number of nitrogens with one attached hydrogen (secondary N) is 1. The van der Waals surface area contributed by atoms with Gasteiger partial charge >= 0.3 is 0 Å². The van der Waals surface area contributed by atoms with Crippen LogP contribution in [0.2, 0.25) is 5.02 Å². The molecule has 1 amide bonds. The number of aryl methyl sites for hydroxylation is 1. The molecule has 0 aliphatic rings. The first-order valence-corrected chi connectivity index (χ1v) is 11.3. The molecule has 0 saturated carbocycles. The van der Waals surface area contributed by atoms with E-state index in [0.717, 1.165) is 15.4 Å². The molecule has 30 heavy (non-hydrogen) atoms. The number of sulfonamides is 1. The van der Waals surface area contributed by atoms with Crippen LogP contribution in [0.25, 0.3) is 0 Å². The van der Waals surface area contributed by atoms with Gasteiger partial charge in [-0.3, -0.25) is 9.10 Å². The molecule has 156 valence electrons. The third-order valence-corrected chi connectivity index (χ3v) is 6.73. The number of carbonyl (C=O) groups is 1. The second-order valence-electron chi connectivity index (χ2n) is 7.00. The van der Waals surface area contributed by atoms with Gasteiger partial charge in [-0.2, -0.15) is 0 Å². The molecule has 1 unspecified atom stereocenters. The smallest absolute Gasteiger partial charge is 0.264 e. The highest BCUT2D eigenvalue weighted by Crippen LogP contribution is 2.25. The van der Waals surface area contributed by atoms with E-state index >= 15 is 0 Å². The van der Waals surface area contributed by atoms with E-state index in [-0.39, 0.29) is 17.5 Å². The van der Waals surface area contributed by atoms with E-state index in [1.54, 1.807) is 36.4 Å². The van der Waals surface area contributed by atoms with Crippen LogP contribution in [0, 0.1) is 6.92 Å². The van der Waals surface area contributed by atoms with Gasteiger partial charge in [-0.1, -0.05) is 59.6 Å². The Morgan fingerprint density at radius 2 is 1.57 bits per heavy atom. The van der Waals surface area contributed by atoms with Crippen molar-refractivity contribution in [2.24, 2.45) is 0 Å². The largest absolute Gasteiger partial charge is 0.348 e. The second kappa shape index (κ2) is 9.32. The molecule has 1 atom stereocenters. The first-order valence-electron chi connectivity index (χ1n) is 9.46. The highest BCUT2D eigenvalue weighted by atomic mass is 35.5. The molecule has 0 aliphatic heterocycles. The van der Waals surface area contributed by atoms with Crippen LogP contribution in [0.3, 0.4) is 0 Å². The summed E-state index contributed by atoms with van der Waals surface area (Å²) in [7, 11) is -3.95. The molecule has 5 nitrogen and oxygen atoms in total. The number of benzene rings is 3. The minimum Gasteiger partial charge on any atom is -0.348 e. The van der Waals surface area contributed by atoms with E-state index in [1.165, 1.54) is 12.1 Å². The molecule has 0 saturated heterocycles. The molecule has 0 fully saturated rings.